The second kappa shape index (κ2) is 6.64. The van der Waals surface area contributed by atoms with Gasteiger partial charge in [0.1, 0.15) is 0 Å². The zero-order valence-electron chi connectivity index (χ0n) is 13.0. The summed E-state index contributed by atoms with van der Waals surface area (Å²) in [6.07, 6.45) is 0.0169. The van der Waals surface area contributed by atoms with Crippen LogP contribution in [0.4, 0.5) is 0 Å². The number of aliphatic hydroxyl groups excluding tert-OH is 1. The predicted octanol–water partition coefficient (Wildman–Crippen LogP) is 3.60. The van der Waals surface area contributed by atoms with Crippen molar-refractivity contribution in [1.82, 2.24) is 0 Å². The van der Waals surface area contributed by atoms with Crippen LogP contribution in [0, 0.1) is 13.8 Å². The summed E-state index contributed by atoms with van der Waals surface area (Å²) < 4.78 is 10.5. The molecular weight excluding hydrogens is 264 g/mol. The van der Waals surface area contributed by atoms with Crippen LogP contribution in [0.5, 0.6) is 11.5 Å². The van der Waals surface area contributed by atoms with Gasteiger partial charge in [-0.2, -0.15) is 0 Å². The smallest absolute Gasteiger partial charge is 0.161 e. The Balaban J connectivity index is 2.19. The zero-order chi connectivity index (χ0) is 15.4. The molecule has 0 heterocycles. The average Bonchev–Trinajstić information content (AvgIpc) is 2.50. The number of methoxy groups -OCH3 is 2. The Hall–Kier alpha value is -2.00. The van der Waals surface area contributed by atoms with E-state index in [-0.39, 0.29) is 0 Å². The van der Waals surface area contributed by atoms with E-state index < -0.39 is 6.10 Å². The second-order valence-corrected chi connectivity index (χ2v) is 5.25. The van der Waals surface area contributed by atoms with Gasteiger partial charge in [0.25, 0.3) is 0 Å². The summed E-state index contributed by atoms with van der Waals surface area (Å²) in [5, 5.41) is 10.4. The molecule has 0 aliphatic rings. The number of hydrogen-bond acceptors (Lipinski definition) is 3. The molecule has 2 aromatic rings. The van der Waals surface area contributed by atoms with E-state index in [0.29, 0.717) is 17.9 Å². The molecule has 2 rings (SSSR count). The molecular formula is C18H22O3. The molecule has 1 N–H and O–H groups in total. The van der Waals surface area contributed by atoms with Gasteiger partial charge < -0.3 is 14.6 Å². The molecule has 1 atom stereocenters. The lowest BCUT2D eigenvalue weighted by molar-refractivity contribution is 0.178. The van der Waals surface area contributed by atoms with E-state index in [1.807, 2.05) is 18.2 Å². The van der Waals surface area contributed by atoms with E-state index in [1.54, 1.807) is 14.2 Å². The van der Waals surface area contributed by atoms with Gasteiger partial charge in [-0.1, -0.05) is 24.3 Å². The summed E-state index contributed by atoms with van der Waals surface area (Å²) in [7, 11) is 3.19. The van der Waals surface area contributed by atoms with E-state index in [9.17, 15) is 5.11 Å². The lowest BCUT2D eigenvalue weighted by Crippen LogP contribution is -2.03. The molecule has 1 unspecified atom stereocenters. The van der Waals surface area contributed by atoms with Crippen LogP contribution in [0.15, 0.2) is 36.4 Å². The van der Waals surface area contributed by atoms with Crippen LogP contribution in [0.25, 0.3) is 0 Å². The highest BCUT2D eigenvalue weighted by Crippen LogP contribution is 2.31. The third kappa shape index (κ3) is 3.56. The van der Waals surface area contributed by atoms with Crippen molar-refractivity contribution in [3.05, 3.63) is 58.7 Å². The van der Waals surface area contributed by atoms with Gasteiger partial charge >= 0.3 is 0 Å². The topological polar surface area (TPSA) is 38.7 Å². The molecule has 0 bridgehead atoms. The fourth-order valence-corrected chi connectivity index (χ4v) is 2.33. The molecule has 0 aliphatic carbocycles. The third-order valence-corrected chi connectivity index (χ3v) is 3.79. The zero-order valence-corrected chi connectivity index (χ0v) is 13.0. The molecule has 2 aromatic carbocycles. The Bertz CT molecular complexity index is 620. The molecule has 0 amide bonds. The normalized spacial score (nSPS) is 12.0. The van der Waals surface area contributed by atoms with Crippen molar-refractivity contribution in [3.63, 3.8) is 0 Å². The first-order valence-corrected chi connectivity index (χ1v) is 7.01. The lowest BCUT2D eigenvalue weighted by atomic mass is 9.98. The highest BCUT2D eigenvalue weighted by atomic mass is 16.5. The molecule has 0 saturated carbocycles. The van der Waals surface area contributed by atoms with Gasteiger partial charge in [0.2, 0.25) is 0 Å². The molecule has 3 nitrogen and oxygen atoms in total. The van der Waals surface area contributed by atoms with Crippen LogP contribution >= 0.6 is 0 Å². The number of aliphatic hydroxyl groups is 1. The maximum atomic E-state index is 10.4. The van der Waals surface area contributed by atoms with E-state index in [1.165, 1.54) is 11.1 Å². The van der Waals surface area contributed by atoms with Crippen LogP contribution in [0.2, 0.25) is 0 Å². The van der Waals surface area contributed by atoms with E-state index >= 15 is 0 Å². The van der Waals surface area contributed by atoms with Gasteiger partial charge in [-0.3, -0.25) is 0 Å². The molecule has 21 heavy (non-hydrogen) atoms. The Kier molecular flexibility index (Phi) is 4.86. The van der Waals surface area contributed by atoms with Crippen molar-refractivity contribution in [2.45, 2.75) is 26.4 Å². The fraction of sp³-hybridized carbons (Fsp3) is 0.333. The fourth-order valence-electron chi connectivity index (χ4n) is 2.33. The number of rotatable bonds is 5. The molecule has 0 spiro atoms. The van der Waals surface area contributed by atoms with Gasteiger partial charge in [0, 0.05) is 6.42 Å². The second-order valence-electron chi connectivity index (χ2n) is 5.25. The Morgan fingerprint density at radius 1 is 0.905 bits per heavy atom. The summed E-state index contributed by atoms with van der Waals surface area (Å²) in [6.45, 7) is 4.17. The maximum Gasteiger partial charge on any atom is 0.161 e. The van der Waals surface area contributed by atoms with Crippen LogP contribution in [0.3, 0.4) is 0 Å². The van der Waals surface area contributed by atoms with Crippen LogP contribution in [-0.2, 0) is 6.42 Å². The highest BCUT2D eigenvalue weighted by Gasteiger charge is 2.12. The molecule has 0 aliphatic heterocycles. The summed E-state index contributed by atoms with van der Waals surface area (Å²) >= 11 is 0. The number of aryl methyl sites for hydroxylation is 2. The first-order valence-electron chi connectivity index (χ1n) is 7.01. The Labute approximate surface area is 126 Å². The average molecular weight is 286 g/mol. The lowest BCUT2D eigenvalue weighted by Gasteiger charge is -2.15. The number of hydrogen-bond donors (Lipinski definition) is 1. The third-order valence-electron chi connectivity index (χ3n) is 3.79. The van der Waals surface area contributed by atoms with Crippen LogP contribution in [0.1, 0.15) is 28.4 Å². The van der Waals surface area contributed by atoms with Crippen LogP contribution in [-0.4, -0.2) is 19.3 Å². The molecule has 112 valence electrons. The quantitative estimate of drug-likeness (QED) is 0.912. The van der Waals surface area contributed by atoms with E-state index in [0.717, 1.165) is 11.1 Å². The van der Waals surface area contributed by atoms with Gasteiger partial charge in [-0.25, -0.2) is 0 Å². The van der Waals surface area contributed by atoms with E-state index in [4.69, 9.17) is 9.47 Å². The highest BCUT2D eigenvalue weighted by molar-refractivity contribution is 5.44. The predicted molar refractivity (Wildman–Crippen MR) is 84.1 cm³/mol. The van der Waals surface area contributed by atoms with Crippen molar-refractivity contribution in [2.75, 3.05) is 14.2 Å². The molecule has 3 heteroatoms. The first kappa shape index (κ1) is 15.4. The minimum atomic E-state index is -0.563. The van der Waals surface area contributed by atoms with Gasteiger partial charge in [0.05, 0.1) is 20.3 Å². The minimum Gasteiger partial charge on any atom is -0.493 e. The van der Waals surface area contributed by atoms with Crippen molar-refractivity contribution < 1.29 is 14.6 Å². The largest absolute Gasteiger partial charge is 0.493 e. The van der Waals surface area contributed by atoms with Gasteiger partial charge in [0.15, 0.2) is 11.5 Å². The number of benzene rings is 2. The molecule has 0 radical (unpaired) electrons. The van der Waals surface area contributed by atoms with Gasteiger partial charge in [-0.05, 0) is 48.2 Å². The number of ether oxygens (including phenoxy) is 2. The molecule has 0 aromatic heterocycles. The van der Waals surface area contributed by atoms with E-state index in [2.05, 4.69) is 32.0 Å². The minimum absolute atomic E-state index is 0.563. The summed E-state index contributed by atoms with van der Waals surface area (Å²) in [4.78, 5) is 0. The van der Waals surface area contributed by atoms with Crippen molar-refractivity contribution in [2.24, 2.45) is 0 Å². The Morgan fingerprint density at radius 2 is 1.62 bits per heavy atom. The van der Waals surface area contributed by atoms with Gasteiger partial charge in [-0.15, -0.1) is 0 Å². The molecule has 0 fully saturated rings. The Morgan fingerprint density at radius 3 is 2.24 bits per heavy atom. The maximum absolute atomic E-state index is 10.4. The first-order chi connectivity index (χ1) is 10.0. The summed E-state index contributed by atoms with van der Waals surface area (Å²) in [5.41, 5.74) is 4.46. The van der Waals surface area contributed by atoms with Crippen molar-refractivity contribution in [3.8, 4) is 11.5 Å². The standard InChI is InChI=1S/C18H22O3/c1-12-5-6-14(9-13(12)2)10-16(19)15-7-8-17(20-3)18(11-15)21-4/h5-9,11,16,19H,10H2,1-4H3. The monoisotopic (exact) mass is 286 g/mol. The summed E-state index contributed by atoms with van der Waals surface area (Å²) in [5.74, 6) is 1.30. The van der Waals surface area contributed by atoms with Crippen molar-refractivity contribution in [1.29, 1.82) is 0 Å². The van der Waals surface area contributed by atoms with Crippen molar-refractivity contribution >= 4 is 0 Å². The molecule has 0 saturated heterocycles. The SMILES string of the molecule is COc1ccc(C(O)Cc2ccc(C)c(C)c2)cc1OC. The van der Waals surface area contributed by atoms with Crippen LogP contribution < -0.4 is 9.47 Å². The summed E-state index contributed by atoms with van der Waals surface area (Å²) in [6, 6.07) is 11.8.